The van der Waals surface area contributed by atoms with E-state index < -0.39 is 6.49 Å². The maximum absolute atomic E-state index is 6.11. The molecule has 152 valence electrons. The first-order chi connectivity index (χ1) is 14.0. The Morgan fingerprint density at radius 3 is 1.10 bits per heavy atom. The number of aryl methyl sites for hydroxylation is 3. The second-order valence-electron chi connectivity index (χ2n) is 7.39. The summed E-state index contributed by atoms with van der Waals surface area (Å²) in [6, 6.07) is 25.3. The minimum absolute atomic E-state index is 0.742. The molecule has 3 nitrogen and oxygen atoms in total. The van der Waals surface area contributed by atoms with Gasteiger partial charge < -0.3 is 0 Å². The molecule has 3 N–H and O–H groups in total. The van der Waals surface area contributed by atoms with Gasteiger partial charge in [0, 0.05) is 19.6 Å². The van der Waals surface area contributed by atoms with Gasteiger partial charge in [0.2, 0.25) is 0 Å². The molecular weight excluding hydrogens is 393 g/mol. The average molecular weight is 424 g/mol. The second kappa shape index (κ2) is 10.3. The molecule has 0 unspecified atom stereocenters. The summed E-state index contributed by atoms with van der Waals surface area (Å²) in [6.45, 7) is 6.46. The fraction of sp³-hybridized carbons (Fsp3) is 0.250. The first kappa shape index (κ1) is 21.9. The third-order valence-corrected chi connectivity index (χ3v) is 8.23. The topological polar surface area (TPSA) is 36.1 Å². The van der Waals surface area contributed by atoms with Crippen molar-refractivity contribution in [3.8, 4) is 0 Å². The lowest BCUT2D eigenvalue weighted by Crippen LogP contribution is -2.31. The lowest BCUT2D eigenvalue weighted by Gasteiger charge is -2.27. The van der Waals surface area contributed by atoms with E-state index in [1.165, 1.54) is 33.4 Å². The zero-order valence-electron chi connectivity index (χ0n) is 17.4. The molecule has 0 heterocycles. The molecule has 0 radical (unpaired) electrons. The lowest BCUT2D eigenvalue weighted by atomic mass is 10.1. The minimum Gasteiger partial charge on any atom is -0.261 e. The second-order valence-corrected chi connectivity index (χ2v) is 11.2. The van der Waals surface area contributed by atoms with Crippen molar-refractivity contribution in [1.29, 1.82) is 0 Å². The van der Waals surface area contributed by atoms with E-state index in [-0.39, 0.29) is 0 Å². The molecule has 0 amide bonds. The molecule has 0 spiro atoms. The van der Waals surface area contributed by atoms with Crippen LogP contribution in [-0.2, 0) is 31.4 Å². The molecule has 0 atom stereocenters. The largest absolute Gasteiger partial charge is 0.261 e. The van der Waals surface area contributed by atoms with Crippen LogP contribution in [-0.4, -0.2) is 0 Å². The SMILES string of the molecule is Cc1ccccc1CNP(=S)(NCc1ccccc1C)NCc1ccccc1C. The Labute approximate surface area is 180 Å². The maximum atomic E-state index is 6.11. The van der Waals surface area contributed by atoms with E-state index in [2.05, 4.69) is 109 Å². The van der Waals surface area contributed by atoms with Crippen LogP contribution >= 0.6 is 6.49 Å². The van der Waals surface area contributed by atoms with Gasteiger partial charge in [-0.15, -0.1) is 0 Å². The van der Waals surface area contributed by atoms with Gasteiger partial charge in [0.1, 0.15) is 6.49 Å². The van der Waals surface area contributed by atoms with Crippen molar-refractivity contribution in [2.75, 3.05) is 0 Å². The fourth-order valence-corrected chi connectivity index (χ4v) is 5.28. The zero-order chi connectivity index (χ0) is 20.7. The first-order valence-corrected chi connectivity index (χ1v) is 12.8. The predicted molar refractivity (Wildman–Crippen MR) is 128 cm³/mol. The molecule has 3 rings (SSSR count). The van der Waals surface area contributed by atoms with Crippen molar-refractivity contribution < 1.29 is 0 Å². The number of hydrogen-bond donors (Lipinski definition) is 3. The van der Waals surface area contributed by atoms with Gasteiger partial charge in [-0.2, -0.15) is 0 Å². The average Bonchev–Trinajstić information content (AvgIpc) is 2.72. The number of rotatable bonds is 9. The third kappa shape index (κ3) is 6.33. The summed E-state index contributed by atoms with van der Waals surface area (Å²) in [5.74, 6) is 0. The third-order valence-electron chi connectivity index (χ3n) is 5.26. The Balaban J connectivity index is 1.74. The van der Waals surface area contributed by atoms with E-state index in [9.17, 15) is 0 Å². The van der Waals surface area contributed by atoms with Gasteiger partial charge in [0.25, 0.3) is 0 Å². The summed E-state index contributed by atoms with van der Waals surface area (Å²) in [6.07, 6.45) is 0. The molecule has 0 saturated carbocycles. The summed E-state index contributed by atoms with van der Waals surface area (Å²) in [4.78, 5) is 0. The smallest absolute Gasteiger partial charge is 0.138 e. The van der Waals surface area contributed by atoms with E-state index in [4.69, 9.17) is 11.8 Å². The fourth-order valence-electron chi connectivity index (χ4n) is 3.18. The Morgan fingerprint density at radius 1 is 0.552 bits per heavy atom. The van der Waals surface area contributed by atoms with Gasteiger partial charge in [0.15, 0.2) is 0 Å². The van der Waals surface area contributed by atoms with Crippen molar-refractivity contribution in [3.63, 3.8) is 0 Å². The standard InChI is InChI=1S/C24H30N3PS/c1-19-10-4-7-13-22(19)16-25-28(29,26-17-23-14-8-5-11-20(23)2)27-18-24-15-9-6-12-21(24)3/h4-15H,16-18H2,1-3H3,(H3,25,26,27,29). The molecule has 0 aromatic heterocycles. The van der Waals surface area contributed by atoms with Gasteiger partial charge >= 0.3 is 0 Å². The van der Waals surface area contributed by atoms with E-state index in [1.807, 2.05) is 0 Å². The highest BCUT2D eigenvalue weighted by Crippen LogP contribution is 2.33. The van der Waals surface area contributed by atoms with Crippen LogP contribution in [0.2, 0.25) is 0 Å². The molecule has 0 saturated heterocycles. The summed E-state index contributed by atoms with van der Waals surface area (Å²) in [7, 11) is 0. The van der Waals surface area contributed by atoms with Gasteiger partial charge in [-0.25, -0.2) is 0 Å². The quantitative estimate of drug-likeness (QED) is 0.397. The van der Waals surface area contributed by atoms with Crippen molar-refractivity contribution in [2.24, 2.45) is 0 Å². The van der Waals surface area contributed by atoms with E-state index in [1.54, 1.807) is 0 Å². The van der Waals surface area contributed by atoms with Gasteiger partial charge in [-0.05, 0) is 66.0 Å². The molecular formula is C24H30N3PS. The number of benzene rings is 3. The predicted octanol–water partition coefficient (Wildman–Crippen LogP) is 5.51. The Bertz CT molecular complexity index is 875. The zero-order valence-corrected chi connectivity index (χ0v) is 19.1. The maximum Gasteiger partial charge on any atom is 0.138 e. The molecule has 0 aliphatic heterocycles. The van der Waals surface area contributed by atoms with Crippen LogP contribution in [0.1, 0.15) is 33.4 Å². The summed E-state index contributed by atoms with van der Waals surface area (Å²) < 4.78 is 0. The van der Waals surface area contributed by atoms with Crippen LogP contribution in [0.4, 0.5) is 0 Å². The van der Waals surface area contributed by atoms with Crippen LogP contribution in [0.3, 0.4) is 0 Å². The molecule has 0 aliphatic rings. The minimum atomic E-state index is -2.19. The molecule has 29 heavy (non-hydrogen) atoms. The molecule has 0 aliphatic carbocycles. The first-order valence-electron chi connectivity index (χ1n) is 9.96. The van der Waals surface area contributed by atoms with Crippen molar-refractivity contribution in [3.05, 3.63) is 106 Å². The molecule has 3 aromatic carbocycles. The highest BCUT2D eigenvalue weighted by atomic mass is 32.4. The van der Waals surface area contributed by atoms with Crippen LogP contribution in [0, 0.1) is 20.8 Å². The van der Waals surface area contributed by atoms with Crippen LogP contribution in [0.5, 0.6) is 0 Å². The lowest BCUT2D eigenvalue weighted by molar-refractivity contribution is 0.821. The summed E-state index contributed by atoms with van der Waals surface area (Å²) in [5, 5.41) is 10.9. The molecule has 0 fully saturated rings. The van der Waals surface area contributed by atoms with Gasteiger partial charge in [-0.3, -0.25) is 15.3 Å². The molecule has 0 bridgehead atoms. The molecule has 5 heteroatoms. The van der Waals surface area contributed by atoms with E-state index in [0.717, 1.165) is 19.6 Å². The summed E-state index contributed by atoms with van der Waals surface area (Å²) in [5.41, 5.74) is 7.66. The van der Waals surface area contributed by atoms with E-state index >= 15 is 0 Å². The van der Waals surface area contributed by atoms with Crippen LogP contribution in [0.15, 0.2) is 72.8 Å². The highest BCUT2D eigenvalue weighted by Gasteiger charge is 2.17. The van der Waals surface area contributed by atoms with Gasteiger partial charge in [-0.1, -0.05) is 72.8 Å². The highest BCUT2D eigenvalue weighted by molar-refractivity contribution is 8.11. The van der Waals surface area contributed by atoms with E-state index in [0.29, 0.717) is 0 Å². The normalized spacial score (nSPS) is 11.6. The van der Waals surface area contributed by atoms with Gasteiger partial charge in [0.05, 0.1) is 0 Å². The van der Waals surface area contributed by atoms with Crippen LogP contribution in [0.25, 0.3) is 0 Å². The van der Waals surface area contributed by atoms with Crippen molar-refractivity contribution in [1.82, 2.24) is 15.3 Å². The molecule has 3 aromatic rings. The van der Waals surface area contributed by atoms with Crippen molar-refractivity contribution >= 4 is 18.3 Å². The van der Waals surface area contributed by atoms with Crippen molar-refractivity contribution in [2.45, 2.75) is 40.4 Å². The summed E-state index contributed by atoms with van der Waals surface area (Å²) >= 11 is 6.11. The Hall–Kier alpha value is -1.81. The number of nitrogens with one attached hydrogen (secondary N) is 3. The van der Waals surface area contributed by atoms with Crippen LogP contribution < -0.4 is 15.3 Å². The Morgan fingerprint density at radius 2 is 0.828 bits per heavy atom. The number of hydrogen-bond acceptors (Lipinski definition) is 1. The Kier molecular flexibility index (Phi) is 7.77. The monoisotopic (exact) mass is 423 g/mol.